The predicted molar refractivity (Wildman–Crippen MR) is 100 cm³/mol. The number of fused-ring (bicyclic) bond motifs is 2. The molecule has 6 nitrogen and oxygen atoms in total. The van der Waals surface area contributed by atoms with Gasteiger partial charge in [-0.05, 0) is 43.7 Å². The minimum atomic E-state index is -0.448. The molecule has 2 aliphatic rings. The molecular formula is C20H25N3O3. The Morgan fingerprint density at radius 1 is 1.08 bits per heavy atom. The van der Waals surface area contributed by atoms with Crippen LogP contribution in [0.25, 0.3) is 10.9 Å². The summed E-state index contributed by atoms with van der Waals surface area (Å²) >= 11 is 0. The van der Waals surface area contributed by atoms with Gasteiger partial charge in [0.25, 0.3) is 5.56 Å². The molecule has 138 valence electrons. The van der Waals surface area contributed by atoms with Crippen molar-refractivity contribution in [1.29, 1.82) is 0 Å². The summed E-state index contributed by atoms with van der Waals surface area (Å²) in [5.41, 5.74) is -0.242. The fourth-order valence-electron chi connectivity index (χ4n) is 4.75. The summed E-state index contributed by atoms with van der Waals surface area (Å²) in [6.45, 7) is 1.13. The highest BCUT2D eigenvalue weighted by atomic mass is 16.2. The van der Waals surface area contributed by atoms with Gasteiger partial charge >= 0.3 is 5.69 Å². The molecule has 1 saturated carbocycles. The molecule has 0 bridgehead atoms. The molecule has 1 N–H and O–H groups in total. The molecule has 0 radical (unpaired) electrons. The molecule has 6 heteroatoms. The average Bonchev–Trinajstić information content (AvgIpc) is 2.67. The Labute approximate surface area is 151 Å². The summed E-state index contributed by atoms with van der Waals surface area (Å²) in [4.78, 5) is 41.5. The van der Waals surface area contributed by atoms with E-state index in [4.69, 9.17) is 0 Å². The number of hydrogen-bond acceptors (Lipinski definition) is 3. The van der Waals surface area contributed by atoms with Gasteiger partial charge in [0.2, 0.25) is 5.91 Å². The molecule has 1 amide bonds. The predicted octanol–water partition coefficient (Wildman–Crippen LogP) is 2.26. The minimum absolute atomic E-state index is 0.129. The average molecular weight is 355 g/mol. The summed E-state index contributed by atoms with van der Waals surface area (Å²) in [5, 5.41) is 0.477. The van der Waals surface area contributed by atoms with E-state index in [0.717, 1.165) is 19.4 Å². The van der Waals surface area contributed by atoms with Gasteiger partial charge in [-0.1, -0.05) is 25.0 Å². The smallest absolute Gasteiger partial charge is 0.328 e. The zero-order chi connectivity index (χ0) is 18.1. The monoisotopic (exact) mass is 355 g/mol. The third-order valence-corrected chi connectivity index (χ3v) is 6.02. The van der Waals surface area contributed by atoms with Crippen LogP contribution in [0.4, 0.5) is 0 Å². The quantitative estimate of drug-likeness (QED) is 0.918. The van der Waals surface area contributed by atoms with Crippen LogP contribution in [0.5, 0.6) is 0 Å². The standard InChI is InChI=1S/C20H25N3O3/c24-18(22-12-5-7-14-6-1-3-9-16(14)22)11-13-23-17-10-4-2-8-15(17)19(25)21-20(23)26/h2,4,8,10,14,16H,1,3,5-7,9,11-13H2,(H,21,25,26)/t14-,16+/m0/s1. The van der Waals surface area contributed by atoms with Crippen molar-refractivity contribution in [1.82, 2.24) is 14.5 Å². The van der Waals surface area contributed by atoms with Crippen molar-refractivity contribution in [3.63, 3.8) is 0 Å². The molecule has 1 aliphatic carbocycles. The summed E-state index contributed by atoms with van der Waals surface area (Å²) in [7, 11) is 0. The van der Waals surface area contributed by atoms with E-state index in [9.17, 15) is 14.4 Å². The number of piperidine rings is 1. The normalized spacial score (nSPS) is 23.0. The van der Waals surface area contributed by atoms with Crippen molar-refractivity contribution >= 4 is 16.8 Å². The first-order valence-electron chi connectivity index (χ1n) is 9.66. The topological polar surface area (TPSA) is 75.2 Å². The highest BCUT2D eigenvalue weighted by Gasteiger charge is 2.35. The Morgan fingerprint density at radius 3 is 2.73 bits per heavy atom. The molecule has 2 aromatic rings. The zero-order valence-corrected chi connectivity index (χ0v) is 14.9. The number of benzene rings is 1. The fraction of sp³-hybridized carbons (Fsp3) is 0.550. The van der Waals surface area contributed by atoms with Crippen molar-refractivity contribution < 1.29 is 4.79 Å². The molecule has 0 unspecified atom stereocenters. The molecule has 2 atom stereocenters. The maximum Gasteiger partial charge on any atom is 0.328 e. The van der Waals surface area contributed by atoms with E-state index >= 15 is 0 Å². The van der Waals surface area contributed by atoms with E-state index in [1.54, 1.807) is 24.3 Å². The molecule has 2 fully saturated rings. The van der Waals surface area contributed by atoms with E-state index in [2.05, 4.69) is 9.88 Å². The van der Waals surface area contributed by atoms with Crippen LogP contribution in [0.2, 0.25) is 0 Å². The largest absolute Gasteiger partial charge is 0.339 e. The lowest BCUT2D eigenvalue weighted by atomic mass is 9.78. The number of nitrogens with zero attached hydrogens (tertiary/aromatic N) is 2. The van der Waals surface area contributed by atoms with E-state index in [-0.39, 0.29) is 11.5 Å². The second-order valence-corrected chi connectivity index (χ2v) is 7.52. The maximum atomic E-state index is 12.9. The van der Waals surface area contributed by atoms with Gasteiger partial charge < -0.3 is 4.90 Å². The van der Waals surface area contributed by atoms with Crippen LogP contribution in [-0.4, -0.2) is 32.9 Å². The van der Waals surface area contributed by atoms with Gasteiger partial charge in [0.05, 0.1) is 10.9 Å². The maximum absolute atomic E-state index is 12.9. The summed E-state index contributed by atoms with van der Waals surface area (Å²) in [6.07, 6.45) is 7.43. The molecule has 1 aromatic heterocycles. The molecule has 26 heavy (non-hydrogen) atoms. The Balaban J connectivity index is 1.54. The molecule has 1 aliphatic heterocycles. The molecule has 1 saturated heterocycles. The van der Waals surface area contributed by atoms with E-state index in [0.29, 0.717) is 35.8 Å². The molecule has 4 rings (SSSR count). The second-order valence-electron chi connectivity index (χ2n) is 7.52. The van der Waals surface area contributed by atoms with E-state index in [1.165, 1.54) is 30.3 Å². The number of rotatable bonds is 3. The minimum Gasteiger partial charge on any atom is -0.339 e. The molecule has 0 spiro atoms. The Hall–Kier alpha value is -2.37. The molecule has 2 heterocycles. The Bertz CT molecular complexity index is 928. The van der Waals surface area contributed by atoms with Gasteiger partial charge in [-0.15, -0.1) is 0 Å². The van der Waals surface area contributed by atoms with Crippen LogP contribution >= 0.6 is 0 Å². The van der Waals surface area contributed by atoms with Crippen molar-refractivity contribution in [3.8, 4) is 0 Å². The van der Waals surface area contributed by atoms with Gasteiger partial charge in [0.1, 0.15) is 0 Å². The number of carbonyl (C=O) groups excluding carboxylic acids is 1. The number of nitrogens with one attached hydrogen (secondary N) is 1. The highest BCUT2D eigenvalue weighted by molar-refractivity contribution is 5.79. The van der Waals surface area contributed by atoms with Gasteiger partial charge in [-0.3, -0.25) is 19.1 Å². The lowest BCUT2D eigenvalue weighted by Crippen LogP contribution is -2.50. The number of carbonyl (C=O) groups is 1. The van der Waals surface area contributed by atoms with Crippen molar-refractivity contribution in [2.24, 2.45) is 5.92 Å². The summed E-state index contributed by atoms with van der Waals surface area (Å²) < 4.78 is 1.51. The number of aryl methyl sites for hydroxylation is 1. The molecule has 1 aromatic carbocycles. The summed E-state index contributed by atoms with van der Waals surface area (Å²) in [5.74, 6) is 0.780. The van der Waals surface area contributed by atoms with Crippen LogP contribution in [0, 0.1) is 5.92 Å². The van der Waals surface area contributed by atoms with Gasteiger partial charge in [-0.2, -0.15) is 0 Å². The van der Waals surface area contributed by atoms with Crippen LogP contribution in [0.1, 0.15) is 44.9 Å². The van der Waals surface area contributed by atoms with E-state index < -0.39 is 5.69 Å². The number of H-pyrrole nitrogens is 1. The lowest BCUT2D eigenvalue weighted by Gasteiger charge is -2.44. The third-order valence-electron chi connectivity index (χ3n) is 6.02. The lowest BCUT2D eigenvalue weighted by molar-refractivity contribution is -0.137. The zero-order valence-electron chi connectivity index (χ0n) is 14.9. The number of para-hydroxylation sites is 1. The number of aromatic nitrogens is 2. The third kappa shape index (κ3) is 3.08. The molecular weight excluding hydrogens is 330 g/mol. The van der Waals surface area contributed by atoms with Gasteiger partial charge in [0.15, 0.2) is 0 Å². The first-order valence-corrected chi connectivity index (χ1v) is 9.66. The van der Waals surface area contributed by atoms with Crippen LogP contribution in [-0.2, 0) is 11.3 Å². The van der Waals surface area contributed by atoms with Crippen molar-refractivity contribution in [3.05, 3.63) is 45.1 Å². The van der Waals surface area contributed by atoms with Crippen molar-refractivity contribution in [2.75, 3.05) is 6.54 Å². The Morgan fingerprint density at radius 2 is 1.85 bits per heavy atom. The number of aromatic amines is 1. The highest BCUT2D eigenvalue weighted by Crippen LogP contribution is 2.35. The second kappa shape index (κ2) is 7.09. The first kappa shape index (κ1) is 17.1. The number of amides is 1. The number of likely N-dealkylation sites (tertiary alicyclic amines) is 1. The Kier molecular flexibility index (Phi) is 4.66. The SMILES string of the molecule is O=C(CCn1c(=O)[nH]c(=O)c2ccccc21)N1CCC[C@@H]2CCCC[C@H]21. The van der Waals surface area contributed by atoms with Gasteiger partial charge in [-0.25, -0.2) is 4.79 Å². The van der Waals surface area contributed by atoms with Crippen LogP contribution in [0.15, 0.2) is 33.9 Å². The summed E-state index contributed by atoms with van der Waals surface area (Å²) in [6, 6.07) is 7.41. The van der Waals surface area contributed by atoms with Gasteiger partial charge in [0, 0.05) is 25.6 Å². The van der Waals surface area contributed by atoms with Crippen molar-refractivity contribution in [2.45, 2.75) is 57.5 Å². The van der Waals surface area contributed by atoms with Crippen LogP contribution < -0.4 is 11.2 Å². The van der Waals surface area contributed by atoms with Crippen LogP contribution in [0.3, 0.4) is 0 Å². The fourth-order valence-corrected chi connectivity index (χ4v) is 4.75. The first-order chi connectivity index (χ1) is 12.6. The van der Waals surface area contributed by atoms with E-state index in [1.807, 2.05) is 0 Å². The number of hydrogen-bond donors (Lipinski definition) is 1.